The van der Waals surface area contributed by atoms with Crippen LogP contribution in [0.4, 0.5) is 5.82 Å². The second kappa shape index (κ2) is 6.67. The summed E-state index contributed by atoms with van der Waals surface area (Å²) in [6.45, 7) is 0.672. The van der Waals surface area contributed by atoms with E-state index in [1.165, 1.54) is 0 Å². The number of fused-ring (bicyclic) bond motifs is 1. The topological polar surface area (TPSA) is 106 Å². The Hall–Kier alpha value is -1.66. The average Bonchev–Trinajstić information content (AvgIpc) is 2.45. The molecule has 1 aliphatic rings. The van der Waals surface area contributed by atoms with Gasteiger partial charge < -0.3 is 20.8 Å². The minimum absolute atomic E-state index is 0.0262. The monoisotopic (exact) mass is 278 g/mol. The molecule has 0 spiro atoms. The zero-order chi connectivity index (χ0) is 14.5. The van der Waals surface area contributed by atoms with Crippen LogP contribution in [0.5, 0.6) is 0 Å². The first-order valence-electron chi connectivity index (χ1n) is 7.01. The smallest absolute Gasteiger partial charge is 0.140 e. The van der Waals surface area contributed by atoms with Gasteiger partial charge in [0.1, 0.15) is 11.7 Å². The van der Waals surface area contributed by atoms with Gasteiger partial charge in [-0.05, 0) is 37.3 Å². The molecule has 0 aromatic carbocycles. The lowest BCUT2D eigenvalue weighted by molar-refractivity contribution is 0.280. The number of hydrogen-bond acceptors (Lipinski definition) is 5. The number of pyridine rings is 1. The molecular formula is C14H22N4O2. The van der Waals surface area contributed by atoms with Crippen LogP contribution in [0.2, 0.25) is 0 Å². The molecule has 2 rings (SSSR count). The van der Waals surface area contributed by atoms with Gasteiger partial charge in [-0.15, -0.1) is 0 Å². The highest BCUT2D eigenvalue weighted by Gasteiger charge is 2.20. The first-order valence-corrected chi connectivity index (χ1v) is 7.01. The normalized spacial score (nSPS) is 13.9. The van der Waals surface area contributed by atoms with Crippen molar-refractivity contribution in [3.05, 3.63) is 22.9 Å². The van der Waals surface area contributed by atoms with Crippen LogP contribution in [-0.4, -0.2) is 47.3 Å². The quantitative estimate of drug-likeness (QED) is 0.434. The molecule has 1 aromatic heterocycles. The number of aliphatic hydroxyl groups excluding tert-OH is 2. The minimum atomic E-state index is -0.0316. The molecule has 0 saturated heterocycles. The Kier molecular flexibility index (Phi) is 4.92. The third-order valence-electron chi connectivity index (χ3n) is 3.61. The van der Waals surface area contributed by atoms with E-state index in [0.29, 0.717) is 24.5 Å². The Bertz CT molecular complexity index is 484. The molecule has 1 aliphatic carbocycles. The Morgan fingerprint density at radius 3 is 2.50 bits per heavy atom. The Morgan fingerprint density at radius 2 is 1.90 bits per heavy atom. The number of nitrogens with one attached hydrogen (secondary N) is 1. The van der Waals surface area contributed by atoms with Gasteiger partial charge in [0.05, 0.1) is 18.8 Å². The van der Waals surface area contributed by atoms with Crippen LogP contribution < -0.4 is 10.6 Å². The van der Waals surface area contributed by atoms with Crippen molar-refractivity contribution in [3.8, 4) is 0 Å². The summed E-state index contributed by atoms with van der Waals surface area (Å²) in [7, 11) is 0. The number of aliphatic hydroxyl groups is 2. The van der Waals surface area contributed by atoms with Crippen LogP contribution in [0.15, 0.2) is 6.07 Å². The van der Waals surface area contributed by atoms with E-state index in [1.807, 2.05) is 6.07 Å². The van der Waals surface area contributed by atoms with Crippen molar-refractivity contribution in [2.75, 3.05) is 31.2 Å². The molecule has 5 N–H and O–H groups in total. The number of nitrogen functional groups attached to an aromatic ring is 1. The first-order chi connectivity index (χ1) is 9.67. The fourth-order valence-electron chi connectivity index (χ4n) is 2.63. The highest BCUT2D eigenvalue weighted by Crippen LogP contribution is 2.26. The largest absolute Gasteiger partial charge is 0.395 e. The predicted octanol–water partition coefficient (Wildman–Crippen LogP) is 0.0355. The zero-order valence-electron chi connectivity index (χ0n) is 11.6. The van der Waals surface area contributed by atoms with Gasteiger partial charge in [0, 0.05) is 18.8 Å². The number of anilines is 1. The SMILES string of the molecule is N=C(N)c1cc2c(nc1N(CCO)CCO)CCCC2. The fraction of sp³-hybridized carbons (Fsp3) is 0.571. The molecule has 6 heteroatoms. The lowest BCUT2D eigenvalue weighted by atomic mass is 9.94. The summed E-state index contributed by atoms with van der Waals surface area (Å²) in [5.74, 6) is 0.572. The third kappa shape index (κ3) is 3.08. The number of aryl methyl sites for hydroxylation is 2. The summed E-state index contributed by atoms with van der Waals surface area (Å²) in [4.78, 5) is 6.44. The molecular weight excluding hydrogens is 256 g/mol. The molecule has 110 valence electrons. The third-order valence-corrected chi connectivity index (χ3v) is 3.61. The van der Waals surface area contributed by atoms with Gasteiger partial charge in [-0.3, -0.25) is 5.41 Å². The van der Waals surface area contributed by atoms with E-state index < -0.39 is 0 Å². The van der Waals surface area contributed by atoms with E-state index >= 15 is 0 Å². The second-order valence-electron chi connectivity index (χ2n) is 5.02. The number of hydrogen-bond donors (Lipinski definition) is 4. The maximum absolute atomic E-state index is 9.16. The van der Waals surface area contributed by atoms with Crippen molar-refractivity contribution in [1.29, 1.82) is 5.41 Å². The molecule has 6 nitrogen and oxygen atoms in total. The molecule has 1 aromatic rings. The van der Waals surface area contributed by atoms with Gasteiger partial charge in [0.15, 0.2) is 0 Å². The van der Waals surface area contributed by atoms with Gasteiger partial charge in [-0.2, -0.15) is 0 Å². The van der Waals surface area contributed by atoms with Gasteiger partial charge in [-0.1, -0.05) is 0 Å². The van der Waals surface area contributed by atoms with Crippen molar-refractivity contribution in [3.63, 3.8) is 0 Å². The van der Waals surface area contributed by atoms with Crippen molar-refractivity contribution < 1.29 is 10.2 Å². The van der Waals surface area contributed by atoms with E-state index in [-0.39, 0.29) is 19.0 Å². The van der Waals surface area contributed by atoms with Crippen molar-refractivity contribution >= 4 is 11.7 Å². The van der Waals surface area contributed by atoms with E-state index in [1.54, 1.807) is 4.90 Å². The van der Waals surface area contributed by atoms with Gasteiger partial charge in [0.25, 0.3) is 0 Å². The van der Waals surface area contributed by atoms with Crippen LogP contribution in [0.3, 0.4) is 0 Å². The lowest BCUT2D eigenvalue weighted by Gasteiger charge is -2.26. The van der Waals surface area contributed by atoms with Gasteiger partial charge >= 0.3 is 0 Å². The standard InChI is InChI=1S/C14H22N4O2/c15-13(16)11-9-10-3-1-2-4-12(10)17-14(11)18(5-7-19)6-8-20/h9,19-20H,1-8H2,(H3,15,16). The van der Waals surface area contributed by atoms with Crippen LogP contribution in [0.1, 0.15) is 29.7 Å². The summed E-state index contributed by atoms with van der Waals surface area (Å²) < 4.78 is 0. The summed E-state index contributed by atoms with van der Waals surface area (Å²) in [6.07, 6.45) is 4.18. The Morgan fingerprint density at radius 1 is 1.25 bits per heavy atom. The maximum atomic E-state index is 9.16. The van der Waals surface area contributed by atoms with E-state index in [0.717, 1.165) is 36.9 Å². The molecule has 0 bridgehead atoms. The van der Waals surface area contributed by atoms with Gasteiger partial charge in [-0.25, -0.2) is 4.98 Å². The summed E-state index contributed by atoms with van der Waals surface area (Å²) in [5, 5.41) is 26.1. The van der Waals surface area contributed by atoms with E-state index in [2.05, 4.69) is 4.98 Å². The summed E-state index contributed by atoms with van der Waals surface area (Å²) in [6, 6.07) is 1.95. The van der Waals surface area contributed by atoms with Crippen LogP contribution in [0, 0.1) is 5.41 Å². The highest BCUT2D eigenvalue weighted by molar-refractivity contribution is 5.99. The first kappa shape index (κ1) is 14.7. The molecule has 0 fully saturated rings. The lowest BCUT2D eigenvalue weighted by Crippen LogP contribution is -2.33. The average molecular weight is 278 g/mol. The van der Waals surface area contributed by atoms with E-state index in [4.69, 9.17) is 21.4 Å². The number of aromatic nitrogens is 1. The van der Waals surface area contributed by atoms with Crippen LogP contribution >= 0.6 is 0 Å². The zero-order valence-corrected chi connectivity index (χ0v) is 11.6. The number of nitrogens with zero attached hydrogens (tertiary/aromatic N) is 2. The minimum Gasteiger partial charge on any atom is -0.395 e. The molecule has 0 amide bonds. The van der Waals surface area contributed by atoms with Crippen LogP contribution in [-0.2, 0) is 12.8 Å². The molecule has 20 heavy (non-hydrogen) atoms. The maximum Gasteiger partial charge on any atom is 0.140 e. The molecule has 0 radical (unpaired) electrons. The van der Waals surface area contributed by atoms with Crippen molar-refractivity contribution in [1.82, 2.24) is 4.98 Å². The molecule has 0 saturated carbocycles. The summed E-state index contributed by atoms with van der Waals surface area (Å²) in [5.41, 5.74) is 8.48. The van der Waals surface area contributed by atoms with E-state index in [9.17, 15) is 0 Å². The van der Waals surface area contributed by atoms with Crippen LogP contribution in [0.25, 0.3) is 0 Å². The van der Waals surface area contributed by atoms with Crippen molar-refractivity contribution in [2.45, 2.75) is 25.7 Å². The number of nitrogens with two attached hydrogens (primary N) is 1. The van der Waals surface area contributed by atoms with Gasteiger partial charge in [0.2, 0.25) is 0 Å². The Labute approximate surface area is 118 Å². The second-order valence-corrected chi connectivity index (χ2v) is 5.02. The summed E-state index contributed by atoms with van der Waals surface area (Å²) >= 11 is 0. The molecule has 0 aliphatic heterocycles. The fourth-order valence-corrected chi connectivity index (χ4v) is 2.63. The highest BCUT2D eigenvalue weighted by atomic mass is 16.3. The van der Waals surface area contributed by atoms with Crippen molar-refractivity contribution in [2.24, 2.45) is 5.73 Å². The number of amidine groups is 1. The number of rotatable bonds is 6. The predicted molar refractivity (Wildman–Crippen MR) is 78.3 cm³/mol. The Balaban J connectivity index is 2.45. The molecule has 1 heterocycles. The molecule has 0 atom stereocenters. The molecule has 0 unspecified atom stereocenters.